The van der Waals surface area contributed by atoms with E-state index in [2.05, 4.69) is 15.6 Å². The molecule has 27 heavy (non-hydrogen) atoms. The van der Waals surface area contributed by atoms with Crippen LogP contribution >= 0.6 is 0 Å². The summed E-state index contributed by atoms with van der Waals surface area (Å²) >= 11 is 0. The maximum absolute atomic E-state index is 13.3. The van der Waals surface area contributed by atoms with E-state index in [9.17, 15) is 9.18 Å². The minimum absolute atomic E-state index is 0.216. The Morgan fingerprint density at radius 3 is 2.52 bits per heavy atom. The Kier molecular flexibility index (Phi) is 4.87. The van der Waals surface area contributed by atoms with Crippen LogP contribution in [-0.4, -0.2) is 20.8 Å². The number of aromatic nitrogens is 3. The molecule has 0 aliphatic rings. The topological polar surface area (TPSA) is 73.0 Å². The molecule has 0 spiro atoms. The van der Waals surface area contributed by atoms with Crippen molar-refractivity contribution in [2.24, 2.45) is 0 Å². The van der Waals surface area contributed by atoms with Crippen LogP contribution in [0.15, 0.2) is 34.9 Å². The van der Waals surface area contributed by atoms with Crippen molar-refractivity contribution in [1.29, 1.82) is 0 Å². The molecule has 142 valence electrons. The number of aryl methyl sites for hydroxylation is 2. The van der Waals surface area contributed by atoms with E-state index in [0.717, 1.165) is 5.69 Å². The molecular weight excluding hydrogens is 347 g/mol. The van der Waals surface area contributed by atoms with Crippen LogP contribution in [0, 0.1) is 12.7 Å². The SMILES string of the molecule is CCc1noc(C)c1C(=O)Nc1cc(C(C)(C)C)nn1-c1ccc(F)cc1. The molecule has 0 aliphatic carbocycles. The number of nitrogens with one attached hydrogen (secondary N) is 1. The second kappa shape index (κ2) is 6.98. The van der Waals surface area contributed by atoms with Crippen molar-refractivity contribution in [3.8, 4) is 5.69 Å². The Balaban J connectivity index is 2.03. The van der Waals surface area contributed by atoms with Gasteiger partial charge in [0.15, 0.2) is 0 Å². The first kappa shape index (κ1) is 18.8. The maximum Gasteiger partial charge on any atom is 0.262 e. The van der Waals surface area contributed by atoms with Crippen molar-refractivity contribution in [3.05, 3.63) is 58.9 Å². The number of benzene rings is 1. The van der Waals surface area contributed by atoms with Gasteiger partial charge in [-0.15, -0.1) is 0 Å². The smallest absolute Gasteiger partial charge is 0.262 e. The van der Waals surface area contributed by atoms with Gasteiger partial charge in [-0.3, -0.25) is 4.79 Å². The van der Waals surface area contributed by atoms with E-state index >= 15 is 0 Å². The zero-order valence-electron chi connectivity index (χ0n) is 16.1. The van der Waals surface area contributed by atoms with E-state index in [1.807, 2.05) is 33.8 Å². The van der Waals surface area contributed by atoms with Crippen LogP contribution in [0.3, 0.4) is 0 Å². The molecular formula is C20H23FN4O2. The average molecular weight is 370 g/mol. The van der Waals surface area contributed by atoms with Crippen LogP contribution < -0.4 is 5.32 Å². The number of anilines is 1. The van der Waals surface area contributed by atoms with Gasteiger partial charge >= 0.3 is 0 Å². The molecule has 3 aromatic rings. The number of carbonyl (C=O) groups is 1. The van der Waals surface area contributed by atoms with Gasteiger partial charge in [0.2, 0.25) is 0 Å². The standard InChI is InChI=1S/C20H23FN4O2/c1-6-15-18(12(2)27-24-15)19(26)22-17-11-16(20(3,4)5)23-25(17)14-9-7-13(21)8-10-14/h7-11H,6H2,1-5H3,(H,22,26). The second-order valence-electron chi connectivity index (χ2n) is 7.42. The van der Waals surface area contributed by atoms with Gasteiger partial charge in [0.05, 0.1) is 17.1 Å². The second-order valence-corrected chi connectivity index (χ2v) is 7.42. The summed E-state index contributed by atoms with van der Waals surface area (Å²) in [7, 11) is 0. The Morgan fingerprint density at radius 1 is 1.26 bits per heavy atom. The summed E-state index contributed by atoms with van der Waals surface area (Å²) in [4.78, 5) is 12.9. The summed E-state index contributed by atoms with van der Waals surface area (Å²) in [5.41, 5.74) is 2.28. The molecule has 0 unspecified atom stereocenters. The first-order valence-corrected chi connectivity index (χ1v) is 8.83. The van der Waals surface area contributed by atoms with E-state index in [0.29, 0.717) is 34.9 Å². The highest BCUT2D eigenvalue weighted by molar-refractivity contribution is 6.05. The highest BCUT2D eigenvalue weighted by Crippen LogP contribution is 2.27. The molecule has 7 heteroatoms. The summed E-state index contributed by atoms with van der Waals surface area (Å²) < 4.78 is 20.1. The molecule has 2 heterocycles. The molecule has 1 amide bonds. The fourth-order valence-electron chi connectivity index (χ4n) is 2.74. The van der Waals surface area contributed by atoms with E-state index < -0.39 is 0 Å². The van der Waals surface area contributed by atoms with Crippen molar-refractivity contribution < 1.29 is 13.7 Å². The number of halogens is 1. The van der Waals surface area contributed by atoms with Crippen molar-refractivity contribution in [2.75, 3.05) is 5.32 Å². The lowest BCUT2D eigenvalue weighted by Gasteiger charge is -2.14. The lowest BCUT2D eigenvalue weighted by molar-refractivity contribution is 0.102. The van der Waals surface area contributed by atoms with Crippen LogP contribution in [-0.2, 0) is 11.8 Å². The number of amides is 1. The number of rotatable bonds is 4. The fraction of sp³-hybridized carbons (Fsp3) is 0.350. The number of hydrogen-bond acceptors (Lipinski definition) is 4. The van der Waals surface area contributed by atoms with Gasteiger partial charge in [-0.2, -0.15) is 5.10 Å². The number of nitrogens with zero attached hydrogens (tertiary/aromatic N) is 3. The number of hydrogen-bond donors (Lipinski definition) is 1. The largest absolute Gasteiger partial charge is 0.361 e. The summed E-state index contributed by atoms with van der Waals surface area (Å²) in [5, 5.41) is 11.5. The summed E-state index contributed by atoms with van der Waals surface area (Å²) in [6.07, 6.45) is 0.588. The summed E-state index contributed by atoms with van der Waals surface area (Å²) in [6.45, 7) is 9.73. The monoisotopic (exact) mass is 370 g/mol. The highest BCUT2D eigenvalue weighted by atomic mass is 19.1. The van der Waals surface area contributed by atoms with Gasteiger partial charge in [0.25, 0.3) is 5.91 Å². The van der Waals surface area contributed by atoms with E-state index in [1.165, 1.54) is 12.1 Å². The molecule has 1 aromatic carbocycles. The van der Waals surface area contributed by atoms with Gasteiger partial charge in [0.1, 0.15) is 23.0 Å². The Labute approximate surface area is 157 Å². The van der Waals surface area contributed by atoms with Crippen molar-refractivity contribution >= 4 is 11.7 Å². The first-order chi connectivity index (χ1) is 12.7. The van der Waals surface area contributed by atoms with E-state index in [4.69, 9.17) is 4.52 Å². The third-order valence-electron chi connectivity index (χ3n) is 4.29. The molecule has 0 fully saturated rings. The van der Waals surface area contributed by atoms with Crippen LogP contribution in [0.2, 0.25) is 0 Å². The quantitative estimate of drug-likeness (QED) is 0.738. The molecule has 0 bridgehead atoms. The molecule has 1 N–H and O–H groups in total. The molecule has 6 nitrogen and oxygen atoms in total. The summed E-state index contributed by atoms with van der Waals surface area (Å²) in [6, 6.07) is 7.78. The van der Waals surface area contributed by atoms with E-state index in [1.54, 1.807) is 23.7 Å². The molecule has 3 rings (SSSR count). The van der Waals surface area contributed by atoms with Crippen LogP contribution in [0.25, 0.3) is 5.69 Å². The van der Waals surface area contributed by atoms with Gasteiger partial charge in [-0.25, -0.2) is 9.07 Å². The lowest BCUT2D eigenvalue weighted by Crippen LogP contribution is -2.17. The van der Waals surface area contributed by atoms with Crippen LogP contribution in [0.1, 0.15) is 55.2 Å². The molecule has 0 aliphatic heterocycles. The Hall–Kier alpha value is -2.96. The van der Waals surface area contributed by atoms with Crippen molar-refractivity contribution in [1.82, 2.24) is 14.9 Å². The van der Waals surface area contributed by atoms with Gasteiger partial charge in [0, 0.05) is 11.5 Å². The molecule has 2 aromatic heterocycles. The molecule has 0 radical (unpaired) electrons. The normalized spacial score (nSPS) is 11.6. The predicted molar refractivity (Wildman–Crippen MR) is 101 cm³/mol. The predicted octanol–water partition coefficient (Wildman–Crippen LogP) is 4.42. The fourth-order valence-corrected chi connectivity index (χ4v) is 2.74. The molecule has 0 saturated heterocycles. The minimum atomic E-state index is -0.333. The minimum Gasteiger partial charge on any atom is -0.361 e. The zero-order valence-corrected chi connectivity index (χ0v) is 16.1. The Morgan fingerprint density at radius 2 is 1.93 bits per heavy atom. The van der Waals surface area contributed by atoms with E-state index in [-0.39, 0.29) is 17.1 Å². The third kappa shape index (κ3) is 3.77. The Bertz CT molecular complexity index is 965. The zero-order chi connectivity index (χ0) is 19.8. The van der Waals surface area contributed by atoms with Crippen LogP contribution in [0.4, 0.5) is 10.2 Å². The molecule has 0 atom stereocenters. The van der Waals surface area contributed by atoms with Crippen molar-refractivity contribution in [2.45, 2.75) is 46.5 Å². The number of carbonyl (C=O) groups excluding carboxylic acids is 1. The van der Waals surface area contributed by atoms with Gasteiger partial charge in [-0.1, -0.05) is 32.9 Å². The van der Waals surface area contributed by atoms with Gasteiger partial charge in [-0.05, 0) is 37.6 Å². The maximum atomic E-state index is 13.3. The highest BCUT2D eigenvalue weighted by Gasteiger charge is 2.24. The average Bonchev–Trinajstić information content (AvgIpc) is 3.19. The van der Waals surface area contributed by atoms with Gasteiger partial charge < -0.3 is 9.84 Å². The van der Waals surface area contributed by atoms with Crippen molar-refractivity contribution in [3.63, 3.8) is 0 Å². The molecule has 0 saturated carbocycles. The lowest BCUT2D eigenvalue weighted by atomic mass is 9.92. The first-order valence-electron chi connectivity index (χ1n) is 8.83. The summed E-state index contributed by atoms with van der Waals surface area (Å²) in [5.74, 6) is 0.321. The van der Waals surface area contributed by atoms with Crippen LogP contribution in [0.5, 0.6) is 0 Å². The third-order valence-corrected chi connectivity index (χ3v) is 4.29.